The molecule has 70 valence electrons. The standard InChI is InChI=1S/C9H12N2O2/c1-13-11-8(9(10)12)7-5-3-2-4-6-7/h2-6,8,11H,1H3,(H2,10,12). The molecule has 0 radical (unpaired) electrons. The van der Waals surface area contributed by atoms with Gasteiger partial charge in [-0.25, -0.2) is 0 Å². The molecular weight excluding hydrogens is 168 g/mol. The van der Waals surface area contributed by atoms with Crippen LogP contribution in [-0.2, 0) is 9.63 Å². The van der Waals surface area contributed by atoms with Gasteiger partial charge in [-0.15, -0.1) is 0 Å². The first kappa shape index (κ1) is 9.70. The lowest BCUT2D eigenvalue weighted by molar-refractivity contribution is -0.123. The average molecular weight is 180 g/mol. The Bertz CT molecular complexity index is 274. The van der Waals surface area contributed by atoms with Gasteiger partial charge in [-0.2, -0.15) is 5.48 Å². The molecule has 1 atom stereocenters. The van der Waals surface area contributed by atoms with Gasteiger partial charge in [-0.1, -0.05) is 30.3 Å². The minimum absolute atomic E-state index is 0.465. The van der Waals surface area contributed by atoms with E-state index >= 15 is 0 Å². The van der Waals surface area contributed by atoms with Gasteiger partial charge < -0.3 is 10.6 Å². The number of nitrogens with two attached hydrogens (primary N) is 1. The molecule has 1 aromatic rings. The van der Waals surface area contributed by atoms with E-state index in [-0.39, 0.29) is 0 Å². The first-order valence-corrected chi connectivity index (χ1v) is 3.88. The van der Waals surface area contributed by atoms with Crippen LogP contribution in [0.2, 0.25) is 0 Å². The minimum atomic E-state index is -0.591. The Kier molecular flexibility index (Phi) is 3.42. The van der Waals surface area contributed by atoms with Crippen molar-refractivity contribution in [2.75, 3.05) is 7.11 Å². The Morgan fingerprint density at radius 2 is 2.08 bits per heavy atom. The van der Waals surface area contributed by atoms with Crippen molar-refractivity contribution in [3.05, 3.63) is 35.9 Å². The maximum atomic E-state index is 11.0. The number of hydroxylamine groups is 1. The van der Waals surface area contributed by atoms with E-state index in [9.17, 15) is 4.79 Å². The molecule has 4 nitrogen and oxygen atoms in total. The highest BCUT2D eigenvalue weighted by atomic mass is 16.6. The molecule has 1 rings (SSSR count). The van der Waals surface area contributed by atoms with Crippen molar-refractivity contribution in [2.24, 2.45) is 5.73 Å². The molecule has 13 heavy (non-hydrogen) atoms. The van der Waals surface area contributed by atoms with Gasteiger partial charge in [0.1, 0.15) is 6.04 Å². The van der Waals surface area contributed by atoms with Gasteiger partial charge in [0.2, 0.25) is 5.91 Å². The molecule has 4 heteroatoms. The zero-order chi connectivity index (χ0) is 9.68. The number of primary amides is 1. The van der Waals surface area contributed by atoms with E-state index in [1.54, 1.807) is 12.1 Å². The van der Waals surface area contributed by atoms with Gasteiger partial charge >= 0.3 is 0 Å². The smallest absolute Gasteiger partial charge is 0.241 e. The van der Waals surface area contributed by atoms with Crippen LogP contribution in [0.5, 0.6) is 0 Å². The topological polar surface area (TPSA) is 64.3 Å². The number of hydrogen-bond donors (Lipinski definition) is 2. The molecule has 3 N–H and O–H groups in total. The molecule has 1 aromatic carbocycles. The van der Waals surface area contributed by atoms with Crippen LogP contribution in [0.3, 0.4) is 0 Å². The maximum absolute atomic E-state index is 11.0. The largest absolute Gasteiger partial charge is 0.368 e. The van der Waals surface area contributed by atoms with Crippen LogP contribution >= 0.6 is 0 Å². The molecule has 0 aliphatic rings. The molecular formula is C9H12N2O2. The summed E-state index contributed by atoms with van der Waals surface area (Å²) >= 11 is 0. The van der Waals surface area contributed by atoms with Crippen LogP contribution < -0.4 is 11.2 Å². The fourth-order valence-corrected chi connectivity index (χ4v) is 1.05. The van der Waals surface area contributed by atoms with Crippen molar-refractivity contribution in [3.8, 4) is 0 Å². The SMILES string of the molecule is CONC(C(N)=O)c1ccccc1. The van der Waals surface area contributed by atoms with Crippen molar-refractivity contribution in [1.29, 1.82) is 0 Å². The molecule has 1 unspecified atom stereocenters. The predicted molar refractivity (Wildman–Crippen MR) is 48.5 cm³/mol. The second kappa shape index (κ2) is 4.59. The third-order valence-electron chi connectivity index (χ3n) is 1.65. The van der Waals surface area contributed by atoms with Crippen LogP contribution in [0.1, 0.15) is 11.6 Å². The molecule has 0 saturated heterocycles. The summed E-state index contributed by atoms with van der Waals surface area (Å²) in [5.41, 5.74) is 8.49. The number of amides is 1. The van der Waals surface area contributed by atoms with E-state index in [0.717, 1.165) is 5.56 Å². The van der Waals surface area contributed by atoms with Gasteiger partial charge in [-0.3, -0.25) is 4.79 Å². The number of carbonyl (C=O) groups excluding carboxylic acids is 1. The zero-order valence-corrected chi connectivity index (χ0v) is 7.36. The molecule has 0 aliphatic carbocycles. The van der Waals surface area contributed by atoms with Crippen LogP contribution in [0, 0.1) is 0 Å². The summed E-state index contributed by atoms with van der Waals surface area (Å²) in [5.74, 6) is -0.465. The van der Waals surface area contributed by atoms with Gasteiger partial charge in [0.15, 0.2) is 0 Å². The summed E-state index contributed by atoms with van der Waals surface area (Å²) in [6.45, 7) is 0. The fraction of sp³-hybridized carbons (Fsp3) is 0.222. The Morgan fingerprint density at radius 3 is 2.54 bits per heavy atom. The first-order chi connectivity index (χ1) is 6.25. The van der Waals surface area contributed by atoms with Crippen LogP contribution in [-0.4, -0.2) is 13.0 Å². The summed E-state index contributed by atoms with van der Waals surface area (Å²) in [4.78, 5) is 15.6. The van der Waals surface area contributed by atoms with E-state index < -0.39 is 11.9 Å². The van der Waals surface area contributed by atoms with Crippen molar-refractivity contribution >= 4 is 5.91 Å². The average Bonchev–Trinajstić information content (AvgIpc) is 2.15. The summed E-state index contributed by atoms with van der Waals surface area (Å²) in [7, 11) is 1.44. The molecule has 0 spiro atoms. The molecule has 0 bridgehead atoms. The second-order valence-corrected chi connectivity index (χ2v) is 2.57. The van der Waals surface area contributed by atoms with E-state index in [0.29, 0.717) is 0 Å². The molecule has 0 saturated carbocycles. The number of rotatable bonds is 4. The molecule has 0 aliphatic heterocycles. The third-order valence-corrected chi connectivity index (χ3v) is 1.65. The Hall–Kier alpha value is -1.39. The van der Waals surface area contributed by atoms with Gasteiger partial charge in [0.25, 0.3) is 0 Å². The highest BCUT2D eigenvalue weighted by molar-refractivity contribution is 5.81. The normalized spacial score (nSPS) is 12.4. The van der Waals surface area contributed by atoms with Gasteiger partial charge in [0, 0.05) is 0 Å². The molecule has 1 amide bonds. The van der Waals surface area contributed by atoms with Crippen LogP contribution in [0.15, 0.2) is 30.3 Å². The quantitative estimate of drug-likeness (QED) is 0.658. The van der Waals surface area contributed by atoms with Crippen molar-refractivity contribution in [2.45, 2.75) is 6.04 Å². The summed E-state index contributed by atoms with van der Waals surface area (Å²) in [6.07, 6.45) is 0. The molecule has 0 heterocycles. The Balaban J connectivity index is 2.82. The Morgan fingerprint density at radius 1 is 1.46 bits per heavy atom. The number of hydrogen-bond acceptors (Lipinski definition) is 3. The van der Waals surface area contributed by atoms with Gasteiger partial charge in [0.05, 0.1) is 7.11 Å². The van der Waals surface area contributed by atoms with Crippen LogP contribution in [0.25, 0.3) is 0 Å². The van der Waals surface area contributed by atoms with Crippen molar-refractivity contribution in [3.63, 3.8) is 0 Å². The second-order valence-electron chi connectivity index (χ2n) is 2.57. The van der Waals surface area contributed by atoms with E-state index in [1.807, 2.05) is 18.2 Å². The van der Waals surface area contributed by atoms with E-state index in [4.69, 9.17) is 5.73 Å². The highest BCUT2D eigenvalue weighted by Gasteiger charge is 2.16. The molecule has 0 fully saturated rings. The maximum Gasteiger partial charge on any atom is 0.241 e. The fourth-order valence-electron chi connectivity index (χ4n) is 1.05. The van der Waals surface area contributed by atoms with Crippen molar-refractivity contribution < 1.29 is 9.63 Å². The zero-order valence-electron chi connectivity index (χ0n) is 7.36. The lowest BCUT2D eigenvalue weighted by atomic mass is 10.1. The third kappa shape index (κ3) is 2.54. The van der Waals surface area contributed by atoms with Crippen molar-refractivity contribution in [1.82, 2.24) is 5.48 Å². The monoisotopic (exact) mass is 180 g/mol. The summed E-state index contributed by atoms with van der Waals surface area (Å²) < 4.78 is 0. The summed E-state index contributed by atoms with van der Waals surface area (Å²) in [5, 5.41) is 0. The highest BCUT2D eigenvalue weighted by Crippen LogP contribution is 2.10. The van der Waals surface area contributed by atoms with E-state index in [1.165, 1.54) is 7.11 Å². The van der Waals surface area contributed by atoms with E-state index in [2.05, 4.69) is 10.3 Å². The Labute approximate surface area is 76.6 Å². The van der Waals surface area contributed by atoms with Crippen LogP contribution in [0.4, 0.5) is 0 Å². The predicted octanol–water partition coefficient (Wildman–Crippen LogP) is 0.364. The number of nitrogens with one attached hydrogen (secondary N) is 1. The van der Waals surface area contributed by atoms with Gasteiger partial charge in [-0.05, 0) is 5.56 Å². The first-order valence-electron chi connectivity index (χ1n) is 3.88. The number of carbonyl (C=O) groups is 1. The lowest BCUT2D eigenvalue weighted by Crippen LogP contribution is -2.32. The minimum Gasteiger partial charge on any atom is -0.368 e. The lowest BCUT2D eigenvalue weighted by Gasteiger charge is -2.13. The molecule has 0 aromatic heterocycles. The summed E-state index contributed by atoms with van der Waals surface area (Å²) in [6, 6.07) is 8.56. The number of benzene rings is 1.